The highest BCUT2D eigenvalue weighted by Crippen LogP contribution is 2.17. The van der Waals surface area contributed by atoms with Crippen molar-refractivity contribution in [3.05, 3.63) is 52.0 Å². The number of hydrogen-bond donors (Lipinski definition) is 1. The van der Waals surface area contributed by atoms with Gasteiger partial charge in [0, 0.05) is 11.5 Å². The van der Waals surface area contributed by atoms with Crippen molar-refractivity contribution >= 4 is 23.3 Å². The van der Waals surface area contributed by atoms with Crippen molar-refractivity contribution in [1.29, 1.82) is 0 Å². The molecule has 4 nitrogen and oxygen atoms in total. The van der Waals surface area contributed by atoms with Gasteiger partial charge in [-0.05, 0) is 29.7 Å². The molecule has 2 rings (SSSR count). The molecule has 1 aromatic carbocycles. The Morgan fingerprint density at radius 3 is 2.68 bits per heavy atom. The van der Waals surface area contributed by atoms with Crippen molar-refractivity contribution in [2.45, 2.75) is 26.3 Å². The minimum atomic E-state index is -0.128. The zero-order valence-corrected chi connectivity index (χ0v) is 13.8. The second-order valence-electron chi connectivity index (χ2n) is 5.15. The van der Waals surface area contributed by atoms with E-state index in [2.05, 4.69) is 24.1 Å². The third kappa shape index (κ3) is 4.70. The normalized spacial score (nSPS) is 11.1. The molecule has 2 aromatic rings. The summed E-state index contributed by atoms with van der Waals surface area (Å²) in [4.78, 5) is 16.3. The molecule has 1 N–H and O–H groups in total. The lowest BCUT2D eigenvalue weighted by Gasteiger charge is -2.00. The summed E-state index contributed by atoms with van der Waals surface area (Å²) in [5.41, 5.74) is 2.02. The minimum Gasteiger partial charge on any atom is -0.497 e. The number of benzene rings is 1. The van der Waals surface area contributed by atoms with E-state index in [0.29, 0.717) is 12.5 Å². The molecule has 0 radical (unpaired) electrons. The van der Waals surface area contributed by atoms with Gasteiger partial charge in [0.15, 0.2) is 0 Å². The first-order valence-electron chi connectivity index (χ1n) is 7.12. The average molecular weight is 316 g/mol. The van der Waals surface area contributed by atoms with Crippen LogP contribution in [0.5, 0.6) is 5.75 Å². The molecule has 0 unspecified atom stereocenters. The van der Waals surface area contributed by atoms with Crippen molar-refractivity contribution in [3.8, 4) is 5.75 Å². The maximum absolute atomic E-state index is 11.8. The molecule has 116 valence electrons. The zero-order chi connectivity index (χ0) is 15.9. The molecule has 1 heterocycles. The van der Waals surface area contributed by atoms with E-state index in [9.17, 15) is 4.79 Å². The number of ether oxygens (including phenoxy) is 1. The smallest absolute Gasteiger partial charge is 0.244 e. The number of carbonyl (C=O) groups is 1. The topological polar surface area (TPSA) is 51.2 Å². The van der Waals surface area contributed by atoms with Gasteiger partial charge in [-0.3, -0.25) is 4.79 Å². The summed E-state index contributed by atoms with van der Waals surface area (Å²) >= 11 is 1.57. The fourth-order valence-electron chi connectivity index (χ4n) is 1.78. The first kappa shape index (κ1) is 16.2. The lowest BCUT2D eigenvalue weighted by atomic mass is 10.2. The van der Waals surface area contributed by atoms with Gasteiger partial charge in [0.05, 0.1) is 19.3 Å². The Hall–Kier alpha value is -2.14. The molecule has 0 spiro atoms. The van der Waals surface area contributed by atoms with Crippen LogP contribution in [0.1, 0.15) is 36.0 Å². The molecule has 22 heavy (non-hydrogen) atoms. The average Bonchev–Trinajstić information content (AvgIpc) is 3.00. The van der Waals surface area contributed by atoms with Gasteiger partial charge in [-0.25, -0.2) is 4.98 Å². The highest BCUT2D eigenvalue weighted by Gasteiger charge is 2.06. The third-order valence-electron chi connectivity index (χ3n) is 3.12. The molecule has 0 atom stereocenters. The number of rotatable bonds is 6. The molecule has 1 aromatic heterocycles. The van der Waals surface area contributed by atoms with Crippen LogP contribution in [0, 0.1) is 0 Å². The predicted molar refractivity (Wildman–Crippen MR) is 90.1 cm³/mol. The summed E-state index contributed by atoms with van der Waals surface area (Å²) in [6.45, 7) is 4.67. The SMILES string of the molecule is COc1ccc(/C=C/C(=O)NCc2nc(C(C)C)cs2)cc1. The molecule has 5 heteroatoms. The molecule has 0 aliphatic carbocycles. The number of nitrogens with zero attached hydrogens (tertiary/aromatic N) is 1. The molecular weight excluding hydrogens is 296 g/mol. The summed E-state index contributed by atoms with van der Waals surface area (Å²) in [7, 11) is 1.63. The first-order valence-corrected chi connectivity index (χ1v) is 8.00. The highest BCUT2D eigenvalue weighted by molar-refractivity contribution is 7.09. The Morgan fingerprint density at radius 2 is 2.09 bits per heavy atom. The van der Waals surface area contributed by atoms with Gasteiger partial charge in [-0.2, -0.15) is 0 Å². The fraction of sp³-hybridized carbons (Fsp3) is 0.294. The number of amides is 1. The molecule has 0 fully saturated rings. The van der Waals surface area contributed by atoms with Crippen LogP contribution in [0.3, 0.4) is 0 Å². The number of hydrogen-bond acceptors (Lipinski definition) is 4. The van der Waals surface area contributed by atoms with Gasteiger partial charge in [0.2, 0.25) is 5.91 Å². The van der Waals surface area contributed by atoms with E-state index in [1.807, 2.05) is 29.6 Å². The quantitative estimate of drug-likeness (QED) is 0.828. The lowest BCUT2D eigenvalue weighted by Crippen LogP contribution is -2.20. The van der Waals surface area contributed by atoms with Gasteiger partial charge in [0.1, 0.15) is 10.8 Å². The third-order valence-corrected chi connectivity index (χ3v) is 3.98. The molecule has 0 saturated carbocycles. The number of carbonyl (C=O) groups excluding carboxylic acids is 1. The zero-order valence-electron chi connectivity index (χ0n) is 13.0. The molecular formula is C17H20N2O2S. The van der Waals surface area contributed by atoms with E-state index in [-0.39, 0.29) is 5.91 Å². The maximum Gasteiger partial charge on any atom is 0.244 e. The Labute approximate surface area is 134 Å². The summed E-state index contributed by atoms with van der Waals surface area (Å²) in [5.74, 6) is 1.08. The Morgan fingerprint density at radius 1 is 1.36 bits per heavy atom. The van der Waals surface area contributed by atoms with Crippen molar-refractivity contribution < 1.29 is 9.53 Å². The molecule has 0 saturated heterocycles. The highest BCUT2D eigenvalue weighted by atomic mass is 32.1. The van der Waals surface area contributed by atoms with Gasteiger partial charge in [-0.1, -0.05) is 26.0 Å². The van der Waals surface area contributed by atoms with Gasteiger partial charge in [-0.15, -0.1) is 11.3 Å². The maximum atomic E-state index is 11.8. The number of thiazole rings is 1. The summed E-state index contributed by atoms with van der Waals surface area (Å²) in [6.07, 6.45) is 3.30. The van der Waals surface area contributed by atoms with E-state index in [4.69, 9.17) is 4.74 Å². The van der Waals surface area contributed by atoms with Crippen molar-refractivity contribution in [1.82, 2.24) is 10.3 Å². The minimum absolute atomic E-state index is 0.128. The summed E-state index contributed by atoms with van der Waals surface area (Å²) < 4.78 is 5.09. The fourth-order valence-corrected chi connectivity index (χ4v) is 2.68. The van der Waals surface area contributed by atoms with Crippen molar-refractivity contribution in [2.75, 3.05) is 7.11 Å². The number of methoxy groups -OCH3 is 1. The van der Waals surface area contributed by atoms with Crippen LogP contribution in [-0.2, 0) is 11.3 Å². The molecule has 1 amide bonds. The van der Waals surface area contributed by atoms with Crippen LogP contribution in [-0.4, -0.2) is 18.0 Å². The first-order chi connectivity index (χ1) is 10.6. The Bertz CT molecular complexity index is 645. The number of aromatic nitrogens is 1. The summed E-state index contributed by atoms with van der Waals surface area (Å²) in [6, 6.07) is 7.53. The van der Waals surface area contributed by atoms with Gasteiger partial charge < -0.3 is 10.1 Å². The van der Waals surface area contributed by atoms with Gasteiger partial charge in [0.25, 0.3) is 0 Å². The van der Waals surface area contributed by atoms with Gasteiger partial charge >= 0.3 is 0 Å². The van der Waals surface area contributed by atoms with Crippen LogP contribution in [0.25, 0.3) is 6.08 Å². The monoisotopic (exact) mass is 316 g/mol. The van der Waals surface area contributed by atoms with Crippen molar-refractivity contribution in [2.24, 2.45) is 0 Å². The lowest BCUT2D eigenvalue weighted by molar-refractivity contribution is -0.116. The van der Waals surface area contributed by atoms with E-state index in [0.717, 1.165) is 22.0 Å². The van der Waals surface area contributed by atoms with E-state index >= 15 is 0 Å². The van der Waals surface area contributed by atoms with Crippen molar-refractivity contribution in [3.63, 3.8) is 0 Å². The predicted octanol–water partition coefficient (Wildman–Crippen LogP) is 3.60. The van der Waals surface area contributed by atoms with Crippen LogP contribution < -0.4 is 10.1 Å². The standard InChI is InChI=1S/C17H20N2O2S/c1-12(2)15-11-22-17(19-15)10-18-16(20)9-6-13-4-7-14(21-3)8-5-13/h4-9,11-12H,10H2,1-3H3,(H,18,20)/b9-6+. The molecule has 0 aliphatic rings. The number of nitrogens with one attached hydrogen (secondary N) is 1. The van der Waals surface area contributed by atoms with Crippen LogP contribution in [0.2, 0.25) is 0 Å². The second kappa shape index (κ2) is 7.75. The van der Waals surface area contributed by atoms with E-state index < -0.39 is 0 Å². The molecule has 0 aliphatic heterocycles. The molecule has 0 bridgehead atoms. The Balaban J connectivity index is 1.84. The largest absolute Gasteiger partial charge is 0.497 e. The van der Waals surface area contributed by atoms with Crippen LogP contribution in [0.4, 0.5) is 0 Å². The van der Waals surface area contributed by atoms with Crippen LogP contribution >= 0.6 is 11.3 Å². The Kier molecular flexibility index (Phi) is 5.72. The van der Waals surface area contributed by atoms with E-state index in [1.54, 1.807) is 24.5 Å². The summed E-state index contributed by atoms with van der Waals surface area (Å²) in [5, 5.41) is 5.81. The van der Waals surface area contributed by atoms with Crippen LogP contribution in [0.15, 0.2) is 35.7 Å². The second-order valence-corrected chi connectivity index (χ2v) is 6.09. The van der Waals surface area contributed by atoms with E-state index in [1.165, 1.54) is 6.08 Å².